The van der Waals surface area contributed by atoms with E-state index in [1.165, 1.54) is 0 Å². The number of rotatable bonds is 3. The predicted molar refractivity (Wildman–Crippen MR) is 80.3 cm³/mol. The van der Waals surface area contributed by atoms with Gasteiger partial charge in [0.2, 0.25) is 11.9 Å². The zero-order chi connectivity index (χ0) is 15.2. The number of aromatic nitrogens is 2. The quantitative estimate of drug-likeness (QED) is 0.783. The molecule has 2 rings (SSSR count). The molecule has 0 aromatic carbocycles. The van der Waals surface area contributed by atoms with E-state index in [1.54, 1.807) is 29.4 Å². The minimum Gasteiger partial charge on any atom is -0.347 e. The van der Waals surface area contributed by atoms with Crippen LogP contribution in [-0.4, -0.2) is 48.0 Å². The van der Waals surface area contributed by atoms with Gasteiger partial charge in [-0.05, 0) is 18.9 Å². The van der Waals surface area contributed by atoms with Gasteiger partial charge in [0.05, 0.1) is 6.07 Å². The highest BCUT2D eigenvalue weighted by atomic mass is 16.2. The molecule has 1 aromatic rings. The summed E-state index contributed by atoms with van der Waals surface area (Å²) in [5.41, 5.74) is 0.792. The summed E-state index contributed by atoms with van der Waals surface area (Å²) in [6.45, 7) is 1.30. The molecule has 2 heterocycles. The Morgan fingerprint density at radius 2 is 2.00 bits per heavy atom. The Morgan fingerprint density at radius 1 is 1.38 bits per heavy atom. The van der Waals surface area contributed by atoms with E-state index in [4.69, 9.17) is 5.26 Å². The third-order valence-electron chi connectivity index (χ3n) is 3.47. The van der Waals surface area contributed by atoms with E-state index in [1.807, 2.05) is 19.0 Å². The Kier molecular flexibility index (Phi) is 4.88. The van der Waals surface area contributed by atoms with Crippen molar-refractivity contribution in [3.63, 3.8) is 0 Å². The molecule has 0 aliphatic carbocycles. The molecule has 0 spiro atoms. The fraction of sp³-hybridized carbons (Fsp3) is 0.467. The summed E-state index contributed by atoms with van der Waals surface area (Å²) in [5, 5.41) is 8.84. The number of hydrogen-bond donors (Lipinski definition) is 0. The monoisotopic (exact) mass is 285 g/mol. The number of likely N-dealkylation sites (tertiary alicyclic amines) is 1. The lowest BCUT2D eigenvalue weighted by molar-refractivity contribution is -0.127. The summed E-state index contributed by atoms with van der Waals surface area (Å²) in [5.74, 6) is 0.699. The third kappa shape index (κ3) is 4.02. The van der Waals surface area contributed by atoms with Gasteiger partial charge in [0.1, 0.15) is 0 Å². The van der Waals surface area contributed by atoms with E-state index in [-0.39, 0.29) is 11.8 Å². The molecule has 1 aliphatic rings. The van der Waals surface area contributed by atoms with Gasteiger partial charge in [0, 0.05) is 57.1 Å². The van der Waals surface area contributed by atoms with Crippen molar-refractivity contribution in [2.75, 3.05) is 32.1 Å². The van der Waals surface area contributed by atoms with Gasteiger partial charge in [-0.3, -0.25) is 4.79 Å². The lowest BCUT2D eigenvalue weighted by Gasteiger charge is -2.28. The van der Waals surface area contributed by atoms with Crippen LogP contribution in [0, 0.1) is 17.2 Å². The second-order valence-electron chi connectivity index (χ2n) is 5.27. The standard InChI is InChI=1S/C15H19N5O/c1-19(2)15-17-10-13(11-18-15)3-4-14(21)20-7-5-12(9-16)6-8-20/h3-4,10-12H,5-8H2,1-2H3/b4-3+. The molecule has 1 saturated heterocycles. The Bertz CT molecular complexity index is 550. The number of anilines is 1. The molecule has 0 bridgehead atoms. The number of piperidine rings is 1. The molecule has 1 fully saturated rings. The van der Waals surface area contributed by atoms with E-state index in [9.17, 15) is 4.79 Å². The molecule has 1 amide bonds. The molecule has 0 atom stereocenters. The molecule has 110 valence electrons. The van der Waals surface area contributed by atoms with Crippen molar-refractivity contribution >= 4 is 17.9 Å². The van der Waals surface area contributed by atoms with E-state index >= 15 is 0 Å². The van der Waals surface area contributed by atoms with Gasteiger partial charge >= 0.3 is 0 Å². The number of carbonyl (C=O) groups is 1. The summed E-state index contributed by atoms with van der Waals surface area (Å²) >= 11 is 0. The van der Waals surface area contributed by atoms with E-state index in [2.05, 4.69) is 16.0 Å². The summed E-state index contributed by atoms with van der Waals surface area (Å²) < 4.78 is 0. The Morgan fingerprint density at radius 3 is 2.52 bits per heavy atom. The predicted octanol–water partition coefficient (Wildman–Crippen LogP) is 1.32. The van der Waals surface area contributed by atoms with Crippen LogP contribution in [0.2, 0.25) is 0 Å². The number of carbonyl (C=O) groups excluding carboxylic acids is 1. The van der Waals surface area contributed by atoms with Gasteiger partial charge in [0.25, 0.3) is 0 Å². The summed E-state index contributed by atoms with van der Waals surface area (Å²) in [6.07, 6.45) is 8.16. The van der Waals surface area contributed by atoms with Crippen LogP contribution in [0.3, 0.4) is 0 Å². The molecule has 1 aromatic heterocycles. The number of nitriles is 1. The van der Waals surface area contributed by atoms with Crippen LogP contribution >= 0.6 is 0 Å². The van der Waals surface area contributed by atoms with Crippen molar-refractivity contribution < 1.29 is 4.79 Å². The first-order chi connectivity index (χ1) is 10.1. The highest BCUT2D eigenvalue weighted by molar-refractivity contribution is 5.91. The van der Waals surface area contributed by atoms with Crippen molar-refractivity contribution in [3.8, 4) is 6.07 Å². The van der Waals surface area contributed by atoms with E-state index < -0.39 is 0 Å². The highest BCUT2D eigenvalue weighted by Crippen LogP contribution is 2.16. The fourth-order valence-corrected chi connectivity index (χ4v) is 2.15. The van der Waals surface area contributed by atoms with Gasteiger partial charge < -0.3 is 9.80 Å². The fourth-order valence-electron chi connectivity index (χ4n) is 2.15. The minimum absolute atomic E-state index is 0.0249. The zero-order valence-electron chi connectivity index (χ0n) is 12.4. The first kappa shape index (κ1) is 15.0. The van der Waals surface area contributed by atoms with Crippen LogP contribution in [-0.2, 0) is 4.79 Å². The van der Waals surface area contributed by atoms with Crippen molar-refractivity contribution in [2.24, 2.45) is 5.92 Å². The van der Waals surface area contributed by atoms with Crippen molar-refractivity contribution in [2.45, 2.75) is 12.8 Å². The first-order valence-electron chi connectivity index (χ1n) is 6.96. The van der Waals surface area contributed by atoms with Crippen LogP contribution in [0.25, 0.3) is 6.08 Å². The van der Waals surface area contributed by atoms with E-state index in [0.717, 1.165) is 18.4 Å². The molecule has 6 heteroatoms. The van der Waals surface area contributed by atoms with Crippen LogP contribution < -0.4 is 4.90 Å². The second-order valence-corrected chi connectivity index (χ2v) is 5.27. The Balaban J connectivity index is 1.92. The largest absolute Gasteiger partial charge is 0.347 e. The molecule has 0 saturated carbocycles. The van der Waals surface area contributed by atoms with E-state index in [0.29, 0.717) is 19.0 Å². The highest BCUT2D eigenvalue weighted by Gasteiger charge is 2.20. The van der Waals surface area contributed by atoms with Gasteiger partial charge in [-0.2, -0.15) is 5.26 Å². The van der Waals surface area contributed by atoms with Gasteiger partial charge in [-0.25, -0.2) is 9.97 Å². The number of amides is 1. The normalized spacial score (nSPS) is 16.0. The third-order valence-corrected chi connectivity index (χ3v) is 3.47. The van der Waals surface area contributed by atoms with Crippen molar-refractivity contribution in [1.82, 2.24) is 14.9 Å². The summed E-state index contributed by atoms with van der Waals surface area (Å²) in [7, 11) is 3.75. The van der Waals surface area contributed by atoms with Gasteiger partial charge in [0.15, 0.2) is 0 Å². The van der Waals surface area contributed by atoms with Crippen molar-refractivity contribution in [3.05, 3.63) is 24.0 Å². The lowest BCUT2D eigenvalue weighted by atomic mass is 9.98. The molecular formula is C15H19N5O. The summed E-state index contributed by atoms with van der Waals surface area (Å²) in [4.78, 5) is 24.0. The van der Waals surface area contributed by atoms with Crippen LogP contribution in [0.5, 0.6) is 0 Å². The SMILES string of the molecule is CN(C)c1ncc(/C=C/C(=O)N2CCC(C#N)CC2)cn1. The molecule has 6 nitrogen and oxygen atoms in total. The van der Waals surface area contributed by atoms with Crippen molar-refractivity contribution in [1.29, 1.82) is 5.26 Å². The molecule has 0 unspecified atom stereocenters. The molecule has 21 heavy (non-hydrogen) atoms. The average Bonchev–Trinajstić information content (AvgIpc) is 2.53. The Hall–Kier alpha value is -2.42. The van der Waals surface area contributed by atoms with Crippen LogP contribution in [0.1, 0.15) is 18.4 Å². The molecule has 1 aliphatic heterocycles. The molecule has 0 N–H and O–H groups in total. The van der Waals surface area contributed by atoms with Crippen LogP contribution in [0.15, 0.2) is 18.5 Å². The smallest absolute Gasteiger partial charge is 0.246 e. The Labute approximate surface area is 124 Å². The average molecular weight is 285 g/mol. The summed E-state index contributed by atoms with van der Waals surface area (Å²) in [6, 6.07) is 2.26. The number of nitrogens with zero attached hydrogens (tertiary/aromatic N) is 5. The number of hydrogen-bond acceptors (Lipinski definition) is 5. The lowest BCUT2D eigenvalue weighted by Crippen LogP contribution is -2.37. The van der Waals surface area contributed by atoms with Gasteiger partial charge in [-0.15, -0.1) is 0 Å². The maximum Gasteiger partial charge on any atom is 0.246 e. The van der Waals surface area contributed by atoms with Gasteiger partial charge in [-0.1, -0.05) is 0 Å². The maximum absolute atomic E-state index is 12.0. The zero-order valence-corrected chi connectivity index (χ0v) is 12.4. The second kappa shape index (κ2) is 6.84. The maximum atomic E-state index is 12.0. The van der Waals surface area contributed by atoms with Crippen LogP contribution in [0.4, 0.5) is 5.95 Å². The molecular weight excluding hydrogens is 266 g/mol. The topological polar surface area (TPSA) is 73.1 Å². The minimum atomic E-state index is -0.0249. The molecule has 0 radical (unpaired) electrons. The first-order valence-corrected chi connectivity index (χ1v) is 6.96.